The van der Waals surface area contributed by atoms with Crippen molar-refractivity contribution in [3.8, 4) is 22.5 Å². The predicted octanol–water partition coefficient (Wildman–Crippen LogP) is 4.47. The van der Waals surface area contributed by atoms with Crippen LogP contribution in [0.25, 0.3) is 22.5 Å². The fourth-order valence-electron chi connectivity index (χ4n) is 2.31. The quantitative estimate of drug-likeness (QED) is 0.759. The van der Waals surface area contributed by atoms with Gasteiger partial charge in [0.15, 0.2) is 0 Å². The van der Waals surface area contributed by atoms with Crippen molar-refractivity contribution in [3.05, 3.63) is 59.9 Å². The van der Waals surface area contributed by atoms with Crippen molar-refractivity contribution in [2.45, 2.75) is 13.1 Å². The van der Waals surface area contributed by atoms with Gasteiger partial charge in [-0.05, 0) is 25.1 Å². The van der Waals surface area contributed by atoms with E-state index in [0.717, 1.165) is 5.56 Å². The lowest BCUT2D eigenvalue weighted by Gasteiger charge is -2.08. The Morgan fingerprint density at radius 1 is 1.05 bits per heavy atom. The number of aryl methyl sites for hydroxylation is 1. The van der Waals surface area contributed by atoms with Crippen LogP contribution in [0.2, 0.25) is 0 Å². The number of nitrogens with one attached hydrogen (secondary N) is 1. The van der Waals surface area contributed by atoms with Crippen molar-refractivity contribution in [2.24, 2.45) is 0 Å². The zero-order valence-corrected chi connectivity index (χ0v) is 11.6. The Kier molecular flexibility index (Phi) is 3.44. The molecule has 0 spiro atoms. The van der Waals surface area contributed by atoms with Crippen LogP contribution in [0.3, 0.4) is 0 Å². The van der Waals surface area contributed by atoms with Crippen LogP contribution in [-0.2, 0) is 6.18 Å². The highest BCUT2D eigenvalue weighted by molar-refractivity contribution is 5.81. The van der Waals surface area contributed by atoms with E-state index >= 15 is 0 Å². The number of aromatic amines is 1. The lowest BCUT2D eigenvalue weighted by atomic mass is 10.0. The minimum absolute atomic E-state index is 0.0290. The Hall–Kier alpha value is -2.63. The van der Waals surface area contributed by atoms with Gasteiger partial charge in [-0.25, -0.2) is 0 Å². The Morgan fingerprint density at radius 2 is 1.86 bits per heavy atom. The summed E-state index contributed by atoms with van der Waals surface area (Å²) >= 11 is 0. The highest BCUT2D eigenvalue weighted by Gasteiger charge is 2.38. The molecule has 0 atom stereocenters. The lowest BCUT2D eigenvalue weighted by Crippen LogP contribution is -2.07. The highest BCUT2D eigenvalue weighted by Crippen LogP contribution is 2.40. The molecule has 3 rings (SSSR count). The molecule has 22 heavy (non-hydrogen) atoms. The van der Waals surface area contributed by atoms with E-state index in [1.165, 1.54) is 6.20 Å². The zero-order valence-electron chi connectivity index (χ0n) is 11.6. The van der Waals surface area contributed by atoms with Gasteiger partial charge in [0.25, 0.3) is 0 Å². The van der Waals surface area contributed by atoms with Gasteiger partial charge in [0.1, 0.15) is 11.4 Å². The first-order chi connectivity index (χ1) is 10.5. The van der Waals surface area contributed by atoms with Crippen LogP contribution in [0.15, 0.2) is 48.7 Å². The van der Waals surface area contributed by atoms with Crippen molar-refractivity contribution in [2.75, 3.05) is 0 Å². The summed E-state index contributed by atoms with van der Waals surface area (Å²) in [5, 5.41) is 6.00. The number of alkyl halides is 3. The normalized spacial score (nSPS) is 11.6. The Balaban J connectivity index is 2.26. The van der Waals surface area contributed by atoms with Gasteiger partial charge < -0.3 is 0 Å². The SMILES string of the molecule is Cc1cccc(-c2n[nH]c(C(F)(F)F)c2-c2ccccn2)c1. The van der Waals surface area contributed by atoms with E-state index in [9.17, 15) is 13.2 Å². The molecule has 3 aromatic rings. The first-order valence-corrected chi connectivity index (χ1v) is 6.61. The Labute approximate surface area is 124 Å². The molecule has 0 aliphatic rings. The number of hydrogen-bond donors (Lipinski definition) is 1. The van der Waals surface area contributed by atoms with Gasteiger partial charge in [-0.15, -0.1) is 0 Å². The molecule has 0 bridgehead atoms. The number of aromatic nitrogens is 3. The van der Waals surface area contributed by atoms with E-state index < -0.39 is 11.9 Å². The third-order valence-corrected chi connectivity index (χ3v) is 3.26. The summed E-state index contributed by atoms with van der Waals surface area (Å²) in [7, 11) is 0. The average molecular weight is 303 g/mol. The van der Waals surface area contributed by atoms with Crippen LogP contribution in [0, 0.1) is 6.92 Å². The van der Waals surface area contributed by atoms with E-state index in [1.807, 2.05) is 13.0 Å². The van der Waals surface area contributed by atoms with E-state index in [1.54, 1.807) is 36.4 Å². The van der Waals surface area contributed by atoms with Gasteiger partial charge in [0, 0.05) is 11.8 Å². The fraction of sp³-hybridized carbons (Fsp3) is 0.125. The maximum absolute atomic E-state index is 13.2. The molecule has 112 valence electrons. The summed E-state index contributed by atoms with van der Waals surface area (Å²) in [5.41, 5.74) is 1.13. The summed E-state index contributed by atoms with van der Waals surface area (Å²) in [4.78, 5) is 4.04. The largest absolute Gasteiger partial charge is 0.433 e. The monoisotopic (exact) mass is 303 g/mol. The molecule has 0 aliphatic heterocycles. The summed E-state index contributed by atoms with van der Waals surface area (Å²) in [6.45, 7) is 1.88. The standard InChI is InChI=1S/C16H12F3N3/c1-10-5-4-6-11(9-10)14-13(12-7-2-3-8-20-12)15(22-21-14)16(17,18)19/h2-9H,1H3,(H,21,22). The number of H-pyrrole nitrogens is 1. The second-order valence-electron chi connectivity index (χ2n) is 4.90. The third-order valence-electron chi connectivity index (χ3n) is 3.26. The first-order valence-electron chi connectivity index (χ1n) is 6.61. The summed E-state index contributed by atoms with van der Waals surface area (Å²) in [6.07, 6.45) is -3.07. The number of hydrogen-bond acceptors (Lipinski definition) is 2. The molecule has 1 aromatic carbocycles. The first kappa shape index (κ1) is 14.3. The van der Waals surface area contributed by atoms with Gasteiger partial charge in [0.05, 0.1) is 11.3 Å². The molecule has 0 saturated carbocycles. The van der Waals surface area contributed by atoms with Gasteiger partial charge in [0.2, 0.25) is 0 Å². The predicted molar refractivity (Wildman–Crippen MR) is 77.0 cm³/mol. The summed E-state index contributed by atoms with van der Waals surface area (Å²) < 4.78 is 39.7. The van der Waals surface area contributed by atoms with E-state index in [2.05, 4.69) is 15.2 Å². The van der Waals surface area contributed by atoms with Crippen LogP contribution in [0.1, 0.15) is 11.3 Å². The summed E-state index contributed by atoms with van der Waals surface area (Å²) in [5.74, 6) is 0. The van der Waals surface area contributed by atoms with Gasteiger partial charge in [-0.2, -0.15) is 18.3 Å². The molecule has 2 heterocycles. The van der Waals surface area contributed by atoms with Crippen molar-refractivity contribution in [3.63, 3.8) is 0 Å². The van der Waals surface area contributed by atoms with Crippen LogP contribution in [0.5, 0.6) is 0 Å². The lowest BCUT2D eigenvalue weighted by molar-refractivity contribution is -0.140. The third kappa shape index (κ3) is 2.59. The second kappa shape index (κ2) is 5.29. The van der Waals surface area contributed by atoms with Crippen LogP contribution in [0.4, 0.5) is 13.2 Å². The average Bonchev–Trinajstić information content (AvgIpc) is 2.93. The van der Waals surface area contributed by atoms with Gasteiger partial charge >= 0.3 is 6.18 Å². The molecule has 6 heteroatoms. The van der Waals surface area contributed by atoms with Crippen LogP contribution >= 0.6 is 0 Å². The minimum atomic E-state index is -4.53. The van der Waals surface area contributed by atoms with Crippen molar-refractivity contribution in [1.82, 2.24) is 15.2 Å². The summed E-state index contributed by atoms with van der Waals surface area (Å²) in [6, 6.07) is 12.0. The number of nitrogens with zero attached hydrogens (tertiary/aromatic N) is 2. The Bertz CT molecular complexity index is 792. The van der Waals surface area contributed by atoms with E-state index in [0.29, 0.717) is 5.56 Å². The molecule has 0 radical (unpaired) electrons. The van der Waals surface area contributed by atoms with Crippen LogP contribution in [-0.4, -0.2) is 15.2 Å². The molecule has 0 saturated heterocycles. The van der Waals surface area contributed by atoms with Gasteiger partial charge in [-0.1, -0.05) is 29.8 Å². The molecule has 0 unspecified atom stereocenters. The molecule has 3 nitrogen and oxygen atoms in total. The second-order valence-corrected chi connectivity index (χ2v) is 4.90. The number of rotatable bonds is 2. The molecule has 0 amide bonds. The van der Waals surface area contributed by atoms with E-state index in [4.69, 9.17) is 0 Å². The van der Waals surface area contributed by atoms with Gasteiger partial charge in [-0.3, -0.25) is 10.1 Å². The number of benzene rings is 1. The molecular weight excluding hydrogens is 291 g/mol. The van der Waals surface area contributed by atoms with Crippen molar-refractivity contribution >= 4 is 0 Å². The molecular formula is C16H12F3N3. The van der Waals surface area contributed by atoms with E-state index in [-0.39, 0.29) is 17.0 Å². The van der Waals surface area contributed by atoms with Crippen molar-refractivity contribution < 1.29 is 13.2 Å². The maximum atomic E-state index is 13.2. The zero-order chi connectivity index (χ0) is 15.7. The Morgan fingerprint density at radius 3 is 2.50 bits per heavy atom. The molecule has 0 aliphatic carbocycles. The smallest absolute Gasteiger partial charge is 0.272 e. The topological polar surface area (TPSA) is 41.6 Å². The number of halogens is 3. The minimum Gasteiger partial charge on any atom is -0.272 e. The molecule has 2 aromatic heterocycles. The fourth-order valence-corrected chi connectivity index (χ4v) is 2.31. The van der Waals surface area contributed by atoms with Crippen LogP contribution < -0.4 is 0 Å². The molecule has 0 fully saturated rings. The van der Waals surface area contributed by atoms with Crippen molar-refractivity contribution in [1.29, 1.82) is 0 Å². The maximum Gasteiger partial charge on any atom is 0.433 e. The number of pyridine rings is 1. The highest BCUT2D eigenvalue weighted by atomic mass is 19.4. The molecule has 1 N–H and O–H groups in total.